The molecule has 4 N–H and O–H groups in total. The van der Waals surface area contributed by atoms with E-state index in [1.54, 1.807) is 6.07 Å². The predicted molar refractivity (Wildman–Crippen MR) is 106 cm³/mol. The van der Waals surface area contributed by atoms with Crippen LogP contribution in [0.5, 0.6) is 5.75 Å². The van der Waals surface area contributed by atoms with Crippen molar-refractivity contribution in [3.05, 3.63) is 46.0 Å². The molecule has 0 aliphatic heterocycles. The molecule has 3 aliphatic carbocycles. The van der Waals surface area contributed by atoms with E-state index in [1.165, 1.54) is 36.8 Å². The van der Waals surface area contributed by atoms with Gasteiger partial charge in [-0.25, -0.2) is 0 Å². The summed E-state index contributed by atoms with van der Waals surface area (Å²) < 4.78 is 0. The highest BCUT2D eigenvalue weighted by Crippen LogP contribution is 2.59. The molecule has 1 aromatic carbocycles. The lowest BCUT2D eigenvalue weighted by Crippen LogP contribution is -2.46. The summed E-state index contributed by atoms with van der Waals surface area (Å²) in [6, 6.07) is 3.77. The molecule has 0 heterocycles. The lowest BCUT2D eigenvalue weighted by Gasteiger charge is -2.47. The van der Waals surface area contributed by atoms with Crippen molar-refractivity contribution in [2.45, 2.75) is 76.9 Å². The second kappa shape index (κ2) is 6.24. The quantitative estimate of drug-likeness (QED) is 0.688. The second-order valence-electron chi connectivity index (χ2n) is 8.67. The minimum Gasteiger partial charge on any atom is -0.508 e. The molecule has 0 aromatic heterocycles. The molecule has 1 saturated carbocycles. The molecule has 3 heteroatoms. The van der Waals surface area contributed by atoms with Gasteiger partial charge in [0.2, 0.25) is 0 Å². The standard InChI is InChI=1S/C23H31NO2/c1-3-4-5-10-22-11-12-23(24)18-8-9-21(26)15(2)17(18)6-7-19(23)20(22)13-16(25)14-22/h6-9,16,25-26H,3-5,10-14,24H2,1-2H3/t16-,22?,23+/m1/s1. The number of unbranched alkanes of at least 4 members (excludes halogenated alkanes) is 2. The van der Waals surface area contributed by atoms with Gasteiger partial charge in [-0.3, -0.25) is 0 Å². The highest BCUT2D eigenvalue weighted by Gasteiger charge is 2.51. The Balaban J connectivity index is 1.82. The highest BCUT2D eigenvalue weighted by molar-refractivity contribution is 5.72. The normalized spacial score (nSPS) is 32.4. The Morgan fingerprint density at radius 2 is 2.00 bits per heavy atom. The van der Waals surface area contributed by atoms with Gasteiger partial charge in [0.05, 0.1) is 11.6 Å². The van der Waals surface area contributed by atoms with Crippen molar-refractivity contribution in [1.29, 1.82) is 0 Å². The van der Waals surface area contributed by atoms with Crippen LogP contribution in [0, 0.1) is 12.3 Å². The van der Waals surface area contributed by atoms with Crippen molar-refractivity contribution < 1.29 is 10.2 Å². The lowest BCUT2D eigenvalue weighted by atomic mass is 9.59. The Morgan fingerprint density at radius 3 is 2.77 bits per heavy atom. The van der Waals surface area contributed by atoms with Gasteiger partial charge in [0.15, 0.2) is 0 Å². The van der Waals surface area contributed by atoms with Gasteiger partial charge in [-0.2, -0.15) is 0 Å². The summed E-state index contributed by atoms with van der Waals surface area (Å²) in [4.78, 5) is 0. The van der Waals surface area contributed by atoms with Gasteiger partial charge >= 0.3 is 0 Å². The molecule has 0 saturated heterocycles. The summed E-state index contributed by atoms with van der Waals surface area (Å²) in [5.74, 6) is 0.328. The van der Waals surface area contributed by atoms with E-state index < -0.39 is 5.54 Å². The molecule has 0 spiro atoms. The summed E-state index contributed by atoms with van der Waals surface area (Å²) >= 11 is 0. The van der Waals surface area contributed by atoms with Crippen molar-refractivity contribution in [3.8, 4) is 5.75 Å². The fourth-order valence-corrected chi connectivity index (χ4v) is 5.70. The topological polar surface area (TPSA) is 66.5 Å². The number of aliphatic hydroxyl groups excluding tert-OH is 1. The van der Waals surface area contributed by atoms with E-state index in [0.29, 0.717) is 5.75 Å². The molecule has 0 bridgehead atoms. The number of fused-ring (bicyclic) bond motifs is 4. The minimum absolute atomic E-state index is 0.139. The van der Waals surface area contributed by atoms with Crippen molar-refractivity contribution in [1.82, 2.24) is 0 Å². The van der Waals surface area contributed by atoms with Crippen LogP contribution in [0.15, 0.2) is 29.4 Å². The Hall–Kier alpha value is -1.58. The number of nitrogens with two attached hydrogens (primary N) is 1. The third-order valence-corrected chi connectivity index (χ3v) is 7.15. The predicted octanol–water partition coefficient (Wildman–Crippen LogP) is 4.69. The van der Waals surface area contributed by atoms with Crippen molar-refractivity contribution in [2.24, 2.45) is 11.1 Å². The van der Waals surface area contributed by atoms with Crippen LogP contribution in [0.25, 0.3) is 6.08 Å². The Kier molecular flexibility index (Phi) is 4.28. The van der Waals surface area contributed by atoms with E-state index in [0.717, 1.165) is 42.4 Å². The monoisotopic (exact) mass is 353 g/mol. The lowest BCUT2D eigenvalue weighted by molar-refractivity contribution is 0.143. The van der Waals surface area contributed by atoms with Gasteiger partial charge in [-0.15, -0.1) is 0 Å². The average Bonchev–Trinajstić information content (AvgIpc) is 2.94. The fourth-order valence-electron chi connectivity index (χ4n) is 5.70. The first-order valence-electron chi connectivity index (χ1n) is 10.1. The maximum absolute atomic E-state index is 10.5. The maximum atomic E-state index is 10.5. The van der Waals surface area contributed by atoms with Crippen LogP contribution in [-0.2, 0) is 5.54 Å². The Morgan fingerprint density at radius 1 is 1.19 bits per heavy atom. The number of benzene rings is 1. The summed E-state index contributed by atoms with van der Waals surface area (Å²) in [6.07, 6.45) is 12.5. The third kappa shape index (κ3) is 2.48. The Labute approximate surface area is 156 Å². The number of phenolic OH excluding ortho intramolecular Hbond substituents is 1. The molecule has 0 amide bonds. The SMILES string of the molecule is CCCCCC12CC[C@@]3(N)C(=C1C[C@@H](O)C2)C=Cc1c3ccc(O)c1C. The number of hydrogen-bond donors (Lipinski definition) is 3. The summed E-state index contributed by atoms with van der Waals surface area (Å²) in [7, 11) is 0. The summed E-state index contributed by atoms with van der Waals surface area (Å²) in [5, 5.41) is 20.6. The van der Waals surface area contributed by atoms with E-state index in [9.17, 15) is 10.2 Å². The van der Waals surface area contributed by atoms with Gasteiger partial charge in [0.1, 0.15) is 5.75 Å². The smallest absolute Gasteiger partial charge is 0.119 e. The molecule has 3 atom stereocenters. The molecule has 1 fully saturated rings. The van der Waals surface area contributed by atoms with Gasteiger partial charge in [-0.05, 0) is 72.8 Å². The van der Waals surface area contributed by atoms with Crippen LogP contribution < -0.4 is 5.73 Å². The van der Waals surface area contributed by atoms with Crippen LogP contribution in [0.1, 0.15) is 75.0 Å². The molecule has 3 aliphatic rings. The third-order valence-electron chi connectivity index (χ3n) is 7.15. The molecule has 3 nitrogen and oxygen atoms in total. The van der Waals surface area contributed by atoms with Gasteiger partial charge in [0.25, 0.3) is 0 Å². The van der Waals surface area contributed by atoms with Gasteiger partial charge < -0.3 is 15.9 Å². The number of aliphatic hydroxyl groups is 1. The van der Waals surface area contributed by atoms with Crippen LogP contribution in [-0.4, -0.2) is 16.3 Å². The van der Waals surface area contributed by atoms with Crippen LogP contribution in [0.2, 0.25) is 0 Å². The number of hydrogen-bond acceptors (Lipinski definition) is 3. The number of phenols is 1. The maximum Gasteiger partial charge on any atom is 0.119 e. The molecule has 0 radical (unpaired) electrons. The zero-order valence-corrected chi connectivity index (χ0v) is 16.0. The van der Waals surface area contributed by atoms with Crippen molar-refractivity contribution in [3.63, 3.8) is 0 Å². The first-order valence-corrected chi connectivity index (χ1v) is 10.1. The molecule has 26 heavy (non-hydrogen) atoms. The number of aromatic hydroxyl groups is 1. The zero-order valence-electron chi connectivity index (χ0n) is 16.0. The molecule has 4 rings (SSSR count). The molecule has 1 unspecified atom stereocenters. The highest BCUT2D eigenvalue weighted by atomic mass is 16.3. The Bertz CT molecular complexity index is 794. The van der Waals surface area contributed by atoms with Crippen molar-refractivity contribution >= 4 is 6.08 Å². The second-order valence-corrected chi connectivity index (χ2v) is 8.67. The summed E-state index contributed by atoms with van der Waals surface area (Å²) in [6.45, 7) is 4.20. The van der Waals surface area contributed by atoms with E-state index in [-0.39, 0.29) is 11.5 Å². The fraction of sp³-hybridized carbons (Fsp3) is 0.565. The van der Waals surface area contributed by atoms with E-state index >= 15 is 0 Å². The molecule has 1 aromatic rings. The largest absolute Gasteiger partial charge is 0.508 e. The van der Waals surface area contributed by atoms with Gasteiger partial charge in [0, 0.05) is 0 Å². The van der Waals surface area contributed by atoms with Crippen LogP contribution >= 0.6 is 0 Å². The van der Waals surface area contributed by atoms with Crippen LogP contribution in [0.4, 0.5) is 0 Å². The molecular weight excluding hydrogens is 322 g/mol. The van der Waals surface area contributed by atoms with Crippen molar-refractivity contribution in [2.75, 3.05) is 0 Å². The average molecular weight is 354 g/mol. The minimum atomic E-state index is -0.490. The molecular formula is C23H31NO2. The first-order chi connectivity index (χ1) is 12.4. The van der Waals surface area contributed by atoms with E-state index in [2.05, 4.69) is 19.1 Å². The van der Waals surface area contributed by atoms with E-state index in [1.807, 2.05) is 13.0 Å². The number of rotatable bonds is 4. The van der Waals surface area contributed by atoms with E-state index in [4.69, 9.17) is 5.73 Å². The van der Waals surface area contributed by atoms with Gasteiger partial charge in [-0.1, -0.05) is 50.0 Å². The first kappa shape index (κ1) is 17.8. The van der Waals surface area contributed by atoms with Crippen LogP contribution in [0.3, 0.4) is 0 Å². The molecule has 140 valence electrons. The summed E-state index contributed by atoms with van der Waals surface area (Å²) in [5.41, 5.74) is 12.4. The zero-order chi connectivity index (χ0) is 18.5.